The van der Waals surface area contributed by atoms with Gasteiger partial charge in [-0.15, -0.1) is 0 Å². The number of aromatic carboxylic acids is 1. The summed E-state index contributed by atoms with van der Waals surface area (Å²) >= 11 is 0. The SMILES string of the molecule is O=C(O)c1cc([N+](=O)[O-])cc2ccc(-c3ccccc3)nc12. The number of hydrogen-bond acceptors (Lipinski definition) is 4. The third-order valence-corrected chi connectivity index (χ3v) is 3.29. The van der Waals surface area contributed by atoms with E-state index in [-0.39, 0.29) is 16.8 Å². The molecule has 0 bridgehead atoms. The van der Waals surface area contributed by atoms with Crippen LogP contribution in [-0.4, -0.2) is 21.0 Å². The van der Waals surface area contributed by atoms with Crippen LogP contribution in [-0.2, 0) is 0 Å². The van der Waals surface area contributed by atoms with E-state index in [1.54, 1.807) is 12.1 Å². The van der Waals surface area contributed by atoms with E-state index in [9.17, 15) is 20.0 Å². The van der Waals surface area contributed by atoms with Gasteiger partial charge in [0, 0.05) is 23.1 Å². The fourth-order valence-corrected chi connectivity index (χ4v) is 2.26. The van der Waals surface area contributed by atoms with Crippen molar-refractivity contribution in [2.45, 2.75) is 0 Å². The lowest BCUT2D eigenvalue weighted by Crippen LogP contribution is -2.01. The summed E-state index contributed by atoms with van der Waals surface area (Å²) in [5.41, 5.74) is 1.25. The zero-order valence-electron chi connectivity index (χ0n) is 11.3. The van der Waals surface area contributed by atoms with Gasteiger partial charge in [0.25, 0.3) is 5.69 Å². The standard InChI is InChI=1S/C16H10N2O4/c19-16(20)13-9-12(18(21)22)8-11-6-7-14(17-15(11)13)10-4-2-1-3-5-10/h1-9H,(H,19,20). The van der Waals surface area contributed by atoms with E-state index < -0.39 is 10.9 Å². The van der Waals surface area contributed by atoms with Crippen LogP contribution < -0.4 is 0 Å². The summed E-state index contributed by atoms with van der Waals surface area (Å²) in [5, 5.41) is 20.6. The fraction of sp³-hybridized carbons (Fsp3) is 0. The highest BCUT2D eigenvalue weighted by Crippen LogP contribution is 2.27. The fourth-order valence-electron chi connectivity index (χ4n) is 2.26. The minimum Gasteiger partial charge on any atom is -0.478 e. The number of carboxylic acid groups (broad SMARTS) is 1. The maximum atomic E-state index is 11.4. The first-order valence-electron chi connectivity index (χ1n) is 6.44. The van der Waals surface area contributed by atoms with Crippen molar-refractivity contribution in [3.63, 3.8) is 0 Å². The van der Waals surface area contributed by atoms with Crippen LogP contribution in [0, 0.1) is 10.1 Å². The quantitative estimate of drug-likeness (QED) is 0.589. The highest BCUT2D eigenvalue weighted by molar-refractivity contribution is 6.03. The Labute approximate surface area is 124 Å². The molecule has 0 saturated carbocycles. The van der Waals surface area contributed by atoms with Gasteiger partial charge in [-0.05, 0) is 6.07 Å². The molecule has 1 heterocycles. The first-order valence-corrected chi connectivity index (χ1v) is 6.44. The van der Waals surface area contributed by atoms with Crippen LogP contribution in [0.5, 0.6) is 0 Å². The Morgan fingerprint density at radius 1 is 1.09 bits per heavy atom. The zero-order chi connectivity index (χ0) is 15.7. The Bertz CT molecular complexity index is 891. The van der Waals surface area contributed by atoms with Crippen LogP contribution >= 0.6 is 0 Å². The maximum absolute atomic E-state index is 11.4. The van der Waals surface area contributed by atoms with Gasteiger partial charge in [-0.2, -0.15) is 0 Å². The van der Waals surface area contributed by atoms with Gasteiger partial charge in [0.2, 0.25) is 0 Å². The van der Waals surface area contributed by atoms with Gasteiger partial charge in [0.05, 0.1) is 21.7 Å². The van der Waals surface area contributed by atoms with E-state index in [2.05, 4.69) is 4.98 Å². The number of carboxylic acids is 1. The van der Waals surface area contributed by atoms with Crippen molar-refractivity contribution < 1.29 is 14.8 Å². The number of rotatable bonds is 3. The van der Waals surface area contributed by atoms with Gasteiger partial charge in [0.15, 0.2) is 0 Å². The first kappa shape index (κ1) is 13.7. The van der Waals surface area contributed by atoms with Gasteiger partial charge in [-0.3, -0.25) is 10.1 Å². The van der Waals surface area contributed by atoms with E-state index in [0.717, 1.165) is 11.6 Å². The molecule has 0 aliphatic heterocycles. The summed E-state index contributed by atoms with van der Waals surface area (Å²) in [5.74, 6) is -1.24. The number of aromatic nitrogens is 1. The van der Waals surface area contributed by atoms with Crippen LogP contribution in [0.1, 0.15) is 10.4 Å². The lowest BCUT2D eigenvalue weighted by atomic mass is 10.1. The molecule has 1 aromatic heterocycles. The smallest absolute Gasteiger partial charge is 0.338 e. The number of benzene rings is 2. The Morgan fingerprint density at radius 2 is 1.82 bits per heavy atom. The minimum absolute atomic E-state index is 0.179. The van der Waals surface area contributed by atoms with E-state index in [1.165, 1.54) is 6.07 Å². The van der Waals surface area contributed by atoms with Crippen molar-refractivity contribution in [1.29, 1.82) is 0 Å². The number of nitro benzene ring substituents is 1. The highest BCUT2D eigenvalue weighted by Gasteiger charge is 2.17. The monoisotopic (exact) mass is 294 g/mol. The maximum Gasteiger partial charge on any atom is 0.338 e. The Kier molecular flexibility index (Phi) is 3.27. The summed E-state index contributed by atoms with van der Waals surface area (Å²) in [6, 6.07) is 15.0. The molecular weight excluding hydrogens is 284 g/mol. The molecule has 2 aromatic carbocycles. The third kappa shape index (κ3) is 2.37. The largest absolute Gasteiger partial charge is 0.478 e. The first-order chi connectivity index (χ1) is 10.6. The number of nitrogens with zero attached hydrogens (tertiary/aromatic N) is 2. The van der Waals surface area contributed by atoms with E-state index >= 15 is 0 Å². The van der Waals surface area contributed by atoms with E-state index in [1.807, 2.05) is 30.3 Å². The van der Waals surface area contributed by atoms with Crippen LogP contribution in [0.3, 0.4) is 0 Å². The summed E-state index contributed by atoms with van der Waals surface area (Å²) in [4.78, 5) is 26.0. The molecule has 0 atom stereocenters. The predicted octanol–water partition coefficient (Wildman–Crippen LogP) is 3.51. The predicted molar refractivity (Wildman–Crippen MR) is 80.8 cm³/mol. The lowest BCUT2D eigenvalue weighted by Gasteiger charge is -2.06. The zero-order valence-corrected chi connectivity index (χ0v) is 11.3. The molecule has 6 heteroatoms. The molecule has 0 unspecified atom stereocenters. The number of hydrogen-bond donors (Lipinski definition) is 1. The van der Waals surface area contributed by atoms with Gasteiger partial charge >= 0.3 is 5.97 Å². The van der Waals surface area contributed by atoms with Gasteiger partial charge < -0.3 is 5.11 Å². The van der Waals surface area contributed by atoms with Crippen molar-refractivity contribution >= 4 is 22.6 Å². The molecule has 0 amide bonds. The van der Waals surface area contributed by atoms with Crippen molar-refractivity contribution in [3.8, 4) is 11.3 Å². The van der Waals surface area contributed by atoms with Crippen LogP contribution in [0.2, 0.25) is 0 Å². The molecule has 3 rings (SSSR count). The van der Waals surface area contributed by atoms with Gasteiger partial charge in [-0.25, -0.2) is 9.78 Å². The highest BCUT2D eigenvalue weighted by atomic mass is 16.6. The number of carbonyl (C=O) groups is 1. The average Bonchev–Trinajstić information content (AvgIpc) is 2.53. The molecular formula is C16H10N2O4. The molecule has 1 N–H and O–H groups in total. The topological polar surface area (TPSA) is 93.3 Å². The Morgan fingerprint density at radius 3 is 2.45 bits per heavy atom. The van der Waals surface area contributed by atoms with Gasteiger partial charge in [0.1, 0.15) is 0 Å². The average molecular weight is 294 g/mol. The molecule has 6 nitrogen and oxygen atoms in total. The molecule has 22 heavy (non-hydrogen) atoms. The molecule has 0 spiro atoms. The molecule has 0 aliphatic rings. The molecule has 0 aliphatic carbocycles. The lowest BCUT2D eigenvalue weighted by molar-refractivity contribution is -0.384. The summed E-state index contributed by atoms with van der Waals surface area (Å²) in [7, 11) is 0. The van der Waals surface area contributed by atoms with Gasteiger partial charge in [-0.1, -0.05) is 36.4 Å². The third-order valence-electron chi connectivity index (χ3n) is 3.29. The van der Waals surface area contributed by atoms with Crippen molar-refractivity contribution in [3.05, 3.63) is 70.3 Å². The van der Waals surface area contributed by atoms with E-state index in [0.29, 0.717) is 11.1 Å². The molecule has 3 aromatic rings. The Balaban J connectivity index is 2.27. The molecule has 0 radical (unpaired) electrons. The second-order valence-corrected chi connectivity index (χ2v) is 4.69. The van der Waals surface area contributed by atoms with Crippen LogP contribution in [0.15, 0.2) is 54.6 Å². The second kappa shape index (κ2) is 5.25. The summed E-state index contributed by atoms with van der Waals surface area (Å²) < 4.78 is 0. The van der Waals surface area contributed by atoms with Crippen molar-refractivity contribution in [2.24, 2.45) is 0 Å². The molecule has 0 fully saturated rings. The van der Waals surface area contributed by atoms with E-state index in [4.69, 9.17) is 0 Å². The van der Waals surface area contributed by atoms with Crippen molar-refractivity contribution in [2.75, 3.05) is 0 Å². The molecule has 108 valence electrons. The summed E-state index contributed by atoms with van der Waals surface area (Å²) in [6.45, 7) is 0. The van der Waals surface area contributed by atoms with Crippen LogP contribution in [0.25, 0.3) is 22.2 Å². The minimum atomic E-state index is -1.24. The number of non-ortho nitro benzene ring substituents is 1. The second-order valence-electron chi connectivity index (χ2n) is 4.69. The number of pyridine rings is 1. The van der Waals surface area contributed by atoms with Crippen molar-refractivity contribution in [1.82, 2.24) is 4.98 Å². The summed E-state index contributed by atoms with van der Waals surface area (Å²) in [6.07, 6.45) is 0. The van der Waals surface area contributed by atoms with Crippen LogP contribution in [0.4, 0.5) is 5.69 Å². The Hall–Kier alpha value is -3.28. The number of fused-ring (bicyclic) bond motifs is 1. The molecule has 0 saturated heterocycles. The number of nitro groups is 1. The normalized spacial score (nSPS) is 10.5.